The number of methoxy groups -OCH3 is 1. The summed E-state index contributed by atoms with van der Waals surface area (Å²) in [6.45, 7) is 17.6. The third kappa shape index (κ3) is 6.14. The number of hydrogen-bond acceptors (Lipinski definition) is 9. The van der Waals surface area contributed by atoms with Crippen LogP contribution in [0.5, 0.6) is 5.88 Å². The molecule has 36 heavy (non-hydrogen) atoms. The van der Waals surface area contributed by atoms with Crippen molar-refractivity contribution >= 4 is 25.8 Å². The van der Waals surface area contributed by atoms with Crippen LogP contribution in [0.1, 0.15) is 46.0 Å². The fourth-order valence-electron chi connectivity index (χ4n) is 3.17. The van der Waals surface area contributed by atoms with Crippen LogP contribution in [0.2, 0.25) is 18.1 Å². The van der Waals surface area contributed by atoms with Crippen molar-refractivity contribution in [3.05, 3.63) is 41.7 Å². The molecule has 3 rings (SSSR count). The molecule has 3 N–H and O–H groups in total. The van der Waals surface area contributed by atoms with E-state index in [1.807, 2.05) is 6.07 Å². The number of anilines is 3. The van der Waals surface area contributed by atoms with Crippen molar-refractivity contribution in [2.75, 3.05) is 24.8 Å². The predicted octanol–water partition coefficient (Wildman–Crippen LogP) is 5.41. The molecule has 0 saturated heterocycles. The van der Waals surface area contributed by atoms with Crippen LogP contribution < -0.4 is 15.8 Å². The number of aryl methyl sites for hydroxylation is 1. The Hall–Kier alpha value is -3.18. The van der Waals surface area contributed by atoms with Crippen molar-refractivity contribution in [3.8, 4) is 17.3 Å². The first-order chi connectivity index (χ1) is 16.6. The third-order valence-electron chi connectivity index (χ3n) is 6.54. The number of pyridine rings is 2. The molecule has 0 aliphatic carbocycles. The fourth-order valence-corrected chi connectivity index (χ4v) is 4.32. The molecule has 0 amide bonds. The summed E-state index contributed by atoms with van der Waals surface area (Å²) in [6.07, 6.45) is 3.25. The molecule has 11 heteroatoms. The second kappa shape index (κ2) is 10.1. The Morgan fingerprint density at radius 2 is 1.72 bits per heavy atom. The summed E-state index contributed by atoms with van der Waals surface area (Å²) in [7, 11) is -0.588. The van der Waals surface area contributed by atoms with Gasteiger partial charge in [-0.15, -0.1) is 0 Å². The van der Waals surface area contributed by atoms with Crippen molar-refractivity contribution in [1.82, 2.24) is 24.9 Å². The second-order valence-electron chi connectivity index (χ2n) is 11.0. The average Bonchev–Trinajstić information content (AvgIpc) is 2.77. The van der Waals surface area contributed by atoms with Gasteiger partial charge in [0.25, 0.3) is 0 Å². The molecular weight excluding hydrogens is 477 g/mol. The Kier molecular flexibility index (Phi) is 7.65. The minimum atomic E-state index is -1.95. The van der Waals surface area contributed by atoms with Crippen LogP contribution >= 0.6 is 0 Å². The van der Waals surface area contributed by atoms with Gasteiger partial charge in [0.15, 0.2) is 20.0 Å². The van der Waals surface area contributed by atoms with Gasteiger partial charge < -0.3 is 20.2 Å². The number of halogens is 1. The first-order valence-electron chi connectivity index (χ1n) is 11.7. The van der Waals surface area contributed by atoms with E-state index < -0.39 is 14.1 Å². The zero-order chi connectivity index (χ0) is 26.9. The zero-order valence-electron chi connectivity index (χ0n) is 22.5. The minimum Gasteiger partial charge on any atom is -0.479 e. The summed E-state index contributed by atoms with van der Waals surface area (Å²) in [5.41, 5.74) is 7.51. The number of nitrogens with zero attached hydrogens (tertiary/aromatic N) is 5. The van der Waals surface area contributed by atoms with Crippen LogP contribution in [0.15, 0.2) is 24.5 Å². The van der Waals surface area contributed by atoms with Crippen molar-refractivity contribution in [2.24, 2.45) is 0 Å². The van der Waals surface area contributed by atoms with E-state index in [0.29, 0.717) is 35.3 Å². The van der Waals surface area contributed by atoms with Gasteiger partial charge in [0.2, 0.25) is 11.8 Å². The van der Waals surface area contributed by atoms with Crippen LogP contribution in [0, 0.1) is 12.7 Å². The van der Waals surface area contributed by atoms with Gasteiger partial charge in [0.05, 0.1) is 24.6 Å². The molecule has 0 unspecified atom stereocenters. The summed E-state index contributed by atoms with van der Waals surface area (Å²) in [5.74, 6) is 0.687. The number of nitrogens with two attached hydrogens (primary N) is 1. The lowest BCUT2D eigenvalue weighted by molar-refractivity contribution is 0.220. The number of rotatable bonds is 8. The highest BCUT2D eigenvalue weighted by Crippen LogP contribution is 2.39. The fraction of sp³-hybridized carbons (Fsp3) is 0.480. The lowest BCUT2D eigenvalue weighted by atomic mass is 9.86. The van der Waals surface area contributed by atoms with Crippen LogP contribution in [-0.2, 0) is 9.84 Å². The highest BCUT2D eigenvalue weighted by Gasteiger charge is 2.39. The molecule has 0 saturated carbocycles. The quantitative estimate of drug-likeness (QED) is 0.381. The SMILES string of the molecule is COc1ncc(Nc2ncc(C(C)(C)CO[Si](C)(C)C(C)(C)C)cc2-c2nc(C)nc(N)n2)cc1F. The maximum atomic E-state index is 14.3. The molecule has 0 atom stereocenters. The molecular formula is C25H36FN7O2Si. The van der Waals surface area contributed by atoms with Gasteiger partial charge in [0.1, 0.15) is 11.6 Å². The molecule has 0 aliphatic rings. The summed E-state index contributed by atoms with van der Waals surface area (Å²) < 4.78 is 25.7. The van der Waals surface area contributed by atoms with E-state index in [4.69, 9.17) is 14.9 Å². The molecule has 0 radical (unpaired) electrons. The largest absolute Gasteiger partial charge is 0.479 e. The lowest BCUT2D eigenvalue weighted by Crippen LogP contribution is -2.43. The van der Waals surface area contributed by atoms with E-state index >= 15 is 0 Å². The number of hydrogen-bond donors (Lipinski definition) is 2. The Bertz CT molecular complexity index is 1230. The molecule has 3 aromatic rings. The van der Waals surface area contributed by atoms with Crippen molar-refractivity contribution in [2.45, 2.75) is 65.1 Å². The highest BCUT2D eigenvalue weighted by atomic mass is 28.4. The van der Waals surface area contributed by atoms with Gasteiger partial charge >= 0.3 is 0 Å². The Balaban J connectivity index is 2.03. The normalized spacial score (nSPS) is 12.5. The summed E-state index contributed by atoms with van der Waals surface area (Å²) in [4.78, 5) is 21.5. The number of nitrogens with one attached hydrogen (secondary N) is 1. The molecule has 0 fully saturated rings. The number of aromatic nitrogens is 5. The molecule has 0 spiro atoms. The zero-order valence-corrected chi connectivity index (χ0v) is 23.5. The van der Waals surface area contributed by atoms with Crippen LogP contribution in [-0.4, -0.2) is 47.0 Å². The maximum Gasteiger partial charge on any atom is 0.250 e. The summed E-state index contributed by atoms with van der Waals surface area (Å²) >= 11 is 0. The van der Waals surface area contributed by atoms with Gasteiger partial charge in [-0.3, -0.25) is 0 Å². The molecule has 3 heterocycles. The molecule has 9 nitrogen and oxygen atoms in total. The van der Waals surface area contributed by atoms with E-state index in [1.54, 1.807) is 13.1 Å². The molecule has 0 aromatic carbocycles. The van der Waals surface area contributed by atoms with E-state index in [0.717, 1.165) is 5.56 Å². The van der Waals surface area contributed by atoms with Gasteiger partial charge in [-0.1, -0.05) is 34.6 Å². The topological polar surface area (TPSA) is 121 Å². The average molecular weight is 514 g/mol. The van der Waals surface area contributed by atoms with Crippen LogP contribution in [0.3, 0.4) is 0 Å². The third-order valence-corrected chi connectivity index (χ3v) is 11.0. The molecule has 194 valence electrons. The highest BCUT2D eigenvalue weighted by molar-refractivity contribution is 6.74. The Morgan fingerprint density at radius 3 is 2.31 bits per heavy atom. The maximum absolute atomic E-state index is 14.3. The van der Waals surface area contributed by atoms with Crippen molar-refractivity contribution in [1.29, 1.82) is 0 Å². The second-order valence-corrected chi connectivity index (χ2v) is 15.8. The smallest absolute Gasteiger partial charge is 0.250 e. The van der Waals surface area contributed by atoms with E-state index in [1.165, 1.54) is 19.4 Å². The molecule has 0 aliphatic heterocycles. The summed E-state index contributed by atoms with van der Waals surface area (Å²) in [5, 5.41) is 3.22. The van der Waals surface area contributed by atoms with Gasteiger partial charge in [0, 0.05) is 24.3 Å². The monoisotopic (exact) mass is 513 g/mol. The minimum absolute atomic E-state index is 0.0894. The van der Waals surface area contributed by atoms with Gasteiger partial charge in [-0.2, -0.15) is 9.97 Å². The van der Waals surface area contributed by atoms with E-state index in [9.17, 15) is 4.39 Å². The molecule has 0 bridgehead atoms. The number of ether oxygens (including phenoxy) is 1. The van der Waals surface area contributed by atoms with Crippen LogP contribution in [0.4, 0.5) is 21.8 Å². The Labute approximate surface area is 213 Å². The van der Waals surface area contributed by atoms with E-state index in [2.05, 4.69) is 77.9 Å². The standard InChI is InChI=1S/C25H36FN7O2Si/c1-15-30-21(33-23(27)31-15)18-10-16(25(5,6)14-35-36(8,9)24(2,3)4)12-28-20(18)32-17-11-19(26)22(34-7)29-13-17/h10-13H,14H2,1-9H3,(H,28,32)(H2,27,30,31,33). The van der Waals surface area contributed by atoms with E-state index in [-0.39, 0.29) is 22.3 Å². The first kappa shape index (κ1) is 27.4. The predicted molar refractivity (Wildman–Crippen MR) is 142 cm³/mol. The van der Waals surface area contributed by atoms with Crippen molar-refractivity contribution < 1.29 is 13.6 Å². The van der Waals surface area contributed by atoms with Crippen LogP contribution in [0.25, 0.3) is 11.4 Å². The summed E-state index contributed by atoms with van der Waals surface area (Å²) in [6, 6.07) is 3.25. The number of nitrogen functional groups attached to an aromatic ring is 1. The molecule has 3 aromatic heterocycles. The van der Waals surface area contributed by atoms with Gasteiger partial charge in [-0.05, 0) is 36.7 Å². The Morgan fingerprint density at radius 1 is 1.03 bits per heavy atom. The van der Waals surface area contributed by atoms with Crippen molar-refractivity contribution in [3.63, 3.8) is 0 Å². The lowest BCUT2D eigenvalue weighted by Gasteiger charge is -2.39. The first-order valence-corrected chi connectivity index (χ1v) is 14.6. The van der Waals surface area contributed by atoms with Gasteiger partial charge in [-0.25, -0.2) is 19.3 Å².